The predicted octanol–water partition coefficient (Wildman–Crippen LogP) is -2.57. The van der Waals surface area contributed by atoms with Gasteiger partial charge >= 0.3 is 0 Å². The fraction of sp³-hybridized carbons (Fsp3) is 1.00. The minimum absolute atomic E-state index is 0.238. The highest BCUT2D eigenvalue weighted by molar-refractivity contribution is 4.91. The first-order valence-corrected chi connectivity index (χ1v) is 3.91. The van der Waals surface area contributed by atoms with Crippen LogP contribution in [0.25, 0.3) is 0 Å². The molecule has 0 aliphatic carbocycles. The molecule has 1 rings (SSSR count). The van der Waals surface area contributed by atoms with Crippen LogP contribution in [-0.4, -0.2) is 64.8 Å². The molecule has 1 aliphatic rings. The minimum atomic E-state index is -1.94. The van der Waals surface area contributed by atoms with Crippen molar-refractivity contribution in [1.29, 1.82) is 0 Å². The van der Waals surface area contributed by atoms with Crippen molar-refractivity contribution in [3.8, 4) is 0 Å². The second kappa shape index (κ2) is 3.87. The van der Waals surface area contributed by atoms with E-state index in [1.54, 1.807) is 0 Å². The third-order valence-electron chi connectivity index (χ3n) is 2.04. The molecule has 1 heterocycles. The van der Waals surface area contributed by atoms with E-state index in [1.807, 2.05) is 0 Å². The first-order valence-electron chi connectivity index (χ1n) is 3.91. The van der Waals surface area contributed by atoms with Gasteiger partial charge in [0.2, 0.25) is 5.79 Å². The number of hydrogen-bond donors (Lipinski definition) is 4. The first-order chi connectivity index (χ1) is 6.01. The Hall–Kier alpha value is -0.240. The van der Waals surface area contributed by atoms with Gasteiger partial charge in [-0.2, -0.15) is 0 Å². The highest BCUT2D eigenvalue weighted by atomic mass is 16.7. The maximum absolute atomic E-state index is 9.56. The molecule has 0 unspecified atom stereocenters. The average Bonchev–Trinajstić information content (AvgIpc) is 2.10. The zero-order chi connectivity index (χ0) is 10.1. The van der Waals surface area contributed by atoms with Crippen molar-refractivity contribution in [2.45, 2.75) is 24.1 Å². The van der Waals surface area contributed by atoms with Crippen LogP contribution in [0.4, 0.5) is 0 Å². The van der Waals surface area contributed by atoms with Gasteiger partial charge in [-0.25, -0.2) is 0 Å². The zero-order valence-corrected chi connectivity index (χ0v) is 7.25. The molecule has 4 N–H and O–H groups in total. The zero-order valence-electron chi connectivity index (χ0n) is 7.25. The van der Waals surface area contributed by atoms with Gasteiger partial charge < -0.3 is 29.9 Å². The van der Waals surface area contributed by atoms with Crippen LogP contribution < -0.4 is 0 Å². The molecule has 0 spiro atoms. The van der Waals surface area contributed by atoms with Crippen LogP contribution in [0.1, 0.15) is 0 Å². The topological polar surface area (TPSA) is 99.4 Å². The molecule has 6 nitrogen and oxygen atoms in total. The van der Waals surface area contributed by atoms with E-state index in [0.717, 1.165) is 0 Å². The van der Waals surface area contributed by atoms with Gasteiger partial charge in [-0.3, -0.25) is 0 Å². The smallest absolute Gasteiger partial charge is 0.219 e. The summed E-state index contributed by atoms with van der Waals surface area (Å²) in [6, 6.07) is 0. The van der Waals surface area contributed by atoms with Crippen molar-refractivity contribution in [1.82, 2.24) is 0 Å². The lowest BCUT2D eigenvalue weighted by molar-refractivity contribution is -0.333. The predicted molar refractivity (Wildman–Crippen MR) is 40.8 cm³/mol. The van der Waals surface area contributed by atoms with Crippen molar-refractivity contribution in [3.63, 3.8) is 0 Å². The lowest BCUT2D eigenvalue weighted by Crippen LogP contribution is -2.62. The molecule has 0 radical (unpaired) electrons. The van der Waals surface area contributed by atoms with Gasteiger partial charge in [0.05, 0.1) is 6.61 Å². The van der Waals surface area contributed by atoms with Crippen LogP contribution in [0.5, 0.6) is 0 Å². The van der Waals surface area contributed by atoms with Crippen LogP contribution in [0.3, 0.4) is 0 Å². The Morgan fingerprint density at radius 1 is 1.46 bits per heavy atom. The molecule has 0 aromatic heterocycles. The van der Waals surface area contributed by atoms with Gasteiger partial charge in [0.25, 0.3) is 0 Å². The summed E-state index contributed by atoms with van der Waals surface area (Å²) in [5.41, 5.74) is 0. The van der Waals surface area contributed by atoms with E-state index in [-0.39, 0.29) is 13.2 Å². The van der Waals surface area contributed by atoms with Gasteiger partial charge in [-0.15, -0.1) is 0 Å². The van der Waals surface area contributed by atoms with Gasteiger partial charge in [0, 0.05) is 7.11 Å². The SMILES string of the molecule is COC[C@@]1(O)OC[C@@H](O)[C@@H](O)[C@H]1O. The maximum Gasteiger partial charge on any atom is 0.219 e. The summed E-state index contributed by atoms with van der Waals surface area (Å²) in [6.45, 7) is -0.504. The van der Waals surface area contributed by atoms with E-state index in [0.29, 0.717) is 0 Å². The third kappa shape index (κ3) is 1.98. The fourth-order valence-electron chi connectivity index (χ4n) is 1.22. The van der Waals surface area contributed by atoms with Gasteiger partial charge in [-0.1, -0.05) is 0 Å². The number of rotatable bonds is 2. The van der Waals surface area contributed by atoms with E-state index in [4.69, 9.17) is 9.84 Å². The summed E-state index contributed by atoms with van der Waals surface area (Å²) in [4.78, 5) is 0. The molecule has 0 bridgehead atoms. The van der Waals surface area contributed by atoms with E-state index >= 15 is 0 Å². The van der Waals surface area contributed by atoms with E-state index < -0.39 is 24.1 Å². The summed E-state index contributed by atoms with van der Waals surface area (Å²) >= 11 is 0. The molecule has 1 saturated heterocycles. The number of ether oxygens (including phenoxy) is 2. The fourth-order valence-corrected chi connectivity index (χ4v) is 1.22. The quantitative estimate of drug-likeness (QED) is 0.386. The number of hydrogen-bond acceptors (Lipinski definition) is 6. The molecule has 0 aromatic rings. The van der Waals surface area contributed by atoms with E-state index in [9.17, 15) is 15.3 Å². The normalized spacial score (nSPS) is 46.4. The minimum Gasteiger partial charge on any atom is -0.388 e. The van der Waals surface area contributed by atoms with Crippen LogP contribution >= 0.6 is 0 Å². The van der Waals surface area contributed by atoms with Gasteiger partial charge in [0.15, 0.2) is 0 Å². The van der Waals surface area contributed by atoms with Crippen LogP contribution in [0.2, 0.25) is 0 Å². The molecule has 1 fully saturated rings. The molecule has 1 aliphatic heterocycles. The van der Waals surface area contributed by atoms with E-state index in [2.05, 4.69) is 4.74 Å². The highest BCUT2D eigenvalue weighted by Gasteiger charge is 2.48. The summed E-state index contributed by atoms with van der Waals surface area (Å²) in [7, 11) is 1.32. The lowest BCUT2D eigenvalue weighted by atomic mass is 9.97. The lowest BCUT2D eigenvalue weighted by Gasteiger charge is -2.40. The average molecular weight is 194 g/mol. The Balaban J connectivity index is 2.67. The molecule has 0 saturated carbocycles. The van der Waals surface area contributed by atoms with Crippen LogP contribution in [0.15, 0.2) is 0 Å². The summed E-state index contributed by atoms with van der Waals surface area (Å²) in [5.74, 6) is -1.94. The molecule has 13 heavy (non-hydrogen) atoms. The molecule has 0 aromatic carbocycles. The summed E-state index contributed by atoms with van der Waals surface area (Å²) < 4.78 is 9.38. The second-order valence-electron chi connectivity index (χ2n) is 3.09. The Bertz CT molecular complexity index is 174. The Morgan fingerprint density at radius 3 is 2.62 bits per heavy atom. The largest absolute Gasteiger partial charge is 0.388 e. The number of aliphatic hydroxyl groups is 4. The Labute approximate surface area is 75.3 Å². The standard InChI is InChI=1S/C7H14O6/c1-12-3-7(11)6(10)5(9)4(8)2-13-7/h4-6,8-11H,2-3H2,1H3/t4-,5-,6-,7-/m1/s1. The van der Waals surface area contributed by atoms with E-state index in [1.165, 1.54) is 7.11 Å². The first kappa shape index (κ1) is 10.8. The third-order valence-corrected chi connectivity index (χ3v) is 2.04. The van der Waals surface area contributed by atoms with Crippen LogP contribution in [-0.2, 0) is 9.47 Å². The second-order valence-corrected chi connectivity index (χ2v) is 3.09. The van der Waals surface area contributed by atoms with Crippen molar-refractivity contribution in [3.05, 3.63) is 0 Å². The molecule has 4 atom stereocenters. The number of aliphatic hydroxyl groups excluding tert-OH is 3. The molecular formula is C7H14O6. The highest BCUT2D eigenvalue weighted by Crippen LogP contribution is 2.23. The Kier molecular flexibility index (Phi) is 3.23. The molecule has 0 amide bonds. The van der Waals surface area contributed by atoms with Gasteiger partial charge in [0.1, 0.15) is 24.9 Å². The monoisotopic (exact) mass is 194 g/mol. The summed E-state index contributed by atoms with van der Waals surface area (Å²) in [5, 5.41) is 37.2. The van der Waals surface area contributed by atoms with Crippen molar-refractivity contribution in [2.75, 3.05) is 20.3 Å². The summed E-state index contributed by atoms with van der Waals surface area (Å²) in [6.07, 6.45) is -4.18. The molecule has 6 heteroatoms. The van der Waals surface area contributed by atoms with Crippen molar-refractivity contribution in [2.24, 2.45) is 0 Å². The van der Waals surface area contributed by atoms with Gasteiger partial charge in [-0.05, 0) is 0 Å². The molecule has 78 valence electrons. The van der Waals surface area contributed by atoms with Crippen LogP contribution in [0, 0.1) is 0 Å². The van der Waals surface area contributed by atoms with Crippen molar-refractivity contribution >= 4 is 0 Å². The maximum atomic E-state index is 9.56. The number of methoxy groups -OCH3 is 1. The molecular weight excluding hydrogens is 180 g/mol. The van der Waals surface area contributed by atoms with Crippen molar-refractivity contribution < 1.29 is 29.9 Å². The Morgan fingerprint density at radius 2 is 2.08 bits per heavy atom.